The smallest absolute Gasteiger partial charge is 0.328 e. The second-order valence-electron chi connectivity index (χ2n) is 2.80. The number of urea groups is 1. The summed E-state index contributed by atoms with van der Waals surface area (Å²) >= 11 is 0. The van der Waals surface area contributed by atoms with E-state index >= 15 is 0 Å². The minimum atomic E-state index is -0.381. The van der Waals surface area contributed by atoms with E-state index in [1.54, 1.807) is 32.2 Å². The Labute approximate surface area is 70.6 Å². The third kappa shape index (κ3) is 1.39. The molecule has 1 aliphatic rings. The Morgan fingerprint density at radius 2 is 2.00 bits per heavy atom. The fourth-order valence-corrected chi connectivity index (χ4v) is 0.897. The Morgan fingerprint density at radius 3 is 2.33 bits per heavy atom. The summed E-state index contributed by atoms with van der Waals surface area (Å²) < 4.78 is 0. The van der Waals surface area contributed by atoms with E-state index in [-0.39, 0.29) is 11.9 Å². The van der Waals surface area contributed by atoms with Gasteiger partial charge >= 0.3 is 6.03 Å². The molecule has 0 bridgehead atoms. The Hall–Kier alpha value is -1.52. The van der Waals surface area contributed by atoms with Gasteiger partial charge in [0.2, 0.25) is 0 Å². The van der Waals surface area contributed by atoms with Crippen molar-refractivity contribution >= 4 is 11.9 Å². The van der Waals surface area contributed by atoms with Crippen molar-refractivity contribution < 1.29 is 9.59 Å². The molecule has 1 rings (SSSR count). The van der Waals surface area contributed by atoms with Crippen LogP contribution in [0, 0.1) is 0 Å². The number of amides is 3. The highest BCUT2D eigenvalue weighted by atomic mass is 16.2. The fraction of sp³-hybridized carbons (Fsp3) is 0.429. The van der Waals surface area contributed by atoms with Crippen molar-refractivity contribution in [2.45, 2.75) is 0 Å². The molecule has 0 radical (unpaired) electrons. The second-order valence-corrected chi connectivity index (χ2v) is 2.80. The lowest BCUT2D eigenvalue weighted by Crippen LogP contribution is -2.24. The zero-order valence-corrected chi connectivity index (χ0v) is 7.29. The highest BCUT2D eigenvalue weighted by Gasteiger charge is 2.29. The maximum atomic E-state index is 11.1. The minimum absolute atomic E-state index is 0.351. The molecule has 12 heavy (non-hydrogen) atoms. The molecule has 0 aliphatic carbocycles. The van der Waals surface area contributed by atoms with Gasteiger partial charge in [-0.1, -0.05) is 0 Å². The standard InChI is InChI=1S/C7H11N3O2/c1-9(2)4-5-6(11)8-7(12)10(5)3/h4H,1-3H3,(H,8,11,12)/b5-4+. The van der Waals surface area contributed by atoms with Gasteiger partial charge in [0.1, 0.15) is 5.70 Å². The molecule has 0 spiro atoms. The molecule has 1 saturated heterocycles. The van der Waals surface area contributed by atoms with Crippen LogP contribution in [0.1, 0.15) is 0 Å². The van der Waals surface area contributed by atoms with Crippen LogP contribution in [0.4, 0.5) is 4.79 Å². The second kappa shape index (κ2) is 2.84. The largest absolute Gasteiger partial charge is 0.382 e. The first-order chi connectivity index (χ1) is 5.52. The Bertz CT molecular complexity index is 257. The van der Waals surface area contributed by atoms with E-state index in [1.165, 1.54) is 4.90 Å². The van der Waals surface area contributed by atoms with E-state index in [2.05, 4.69) is 5.32 Å². The minimum Gasteiger partial charge on any atom is -0.382 e. The number of hydrogen-bond acceptors (Lipinski definition) is 3. The van der Waals surface area contributed by atoms with E-state index in [4.69, 9.17) is 0 Å². The summed E-state index contributed by atoms with van der Waals surface area (Å²) in [6.45, 7) is 0. The average Bonchev–Trinajstić information content (AvgIpc) is 2.16. The molecule has 0 aromatic carbocycles. The Kier molecular flexibility index (Phi) is 2.03. The van der Waals surface area contributed by atoms with Gasteiger partial charge in [-0.2, -0.15) is 0 Å². The van der Waals surface area contributed by atoms with Crippen LogP contribution < -0.4 is 5.32 Å². The molecule has 1 fully saturated rings. The molecule has 3 amide bonds. The van der Waals surface area contributed by atoms with Crippen LogP contribution in [0.3, 0.4) is 0 Å². The first kappa shape index (κ1) is 8.58. The first-order valence-corrected chi connectivity index (χ1v) is 3.49. The highest BCUT2D eigenvalue weighted by molar-refractivity contribution is 6.11. The summed E-state index contributed by atoms with van der Waals surface area (Å²) in [7, 11) is 5.13. The van der Waals surface area contributed by atoms with Crippen LogP contribution in [0.5, 0.6) is 0 Å². The van der Waals surface area contributed by atoms with Crippen molar-refractivity contribution in [1.29, 1.82) is 0 Å². The zero-order valence-electron chi connectivity index (χ0n) is 7.29. The summed E-state index contributed by atoms with van der Waals surface area (Å²) in [5, 5.41) is 2.18. The lowest BCUT2D eigenvalue weighted by Gasteiger charge is -2.10. The Morgan fingerprint density at radius 1 is 1.42 bits per heavy atom. The van der Waals surface area contributed by atoms with Gasteiger partial charge in [0, 0.05) is 27.3 Å². The van der Waals surface area contributed by atoms with Crippen LogP contribution in [0.25, 0.3) is 0 Å². The normalized spacial score (nSPS) is 20.2. The van der Waals surface area contributed by atoms with Crippen LogP contribution in [-0.4, -0.2) is 42.9 Å². The SMILES string of the molecule is CN(C)/C=C1\C(=O)NC(=O)N1C. The van der Waals surface area contributed by atoms with Gasteiger partial charge in [-0.3, -0.25) is 15.0 Å². The number of likely N-dealkylation sites (N-methyl/N-ethyl adjacent to an activating group) is 1. The third-order valence-corrected chi connectivity index (χ3v) is 1.50. The average molecular weight is 169 g/mol. The zero-order chi connectivity index (χ0) is 9.30. The van der Waals surface area contributed by atoms with E-state index in [0.29, 0.717) is 5.70 Å². The van der Waals surface area contributed by atoms with Crippen molar-refractivity contribution in [3.05, 3.63) is 11.9 Å². The number of rotatable bonds is 1. The van der Waals surface area contributed by atoms with Crippen LogP contribution in [0.2, 0.25) is 0 Å². The topological polar surface area (TPSA) is 52.7 Å². The molecule has 0 aromatic heterocycles. The predicted molar refractivity (Wildman–Crippen MR) is 43.1 cm³/mol. The molecule has 66 valence electrons. The molecule has 5 nitrogen and oxygen atoms in total. The van der Waals surface area contributed by atoms with Crippen molar-refractivity contribution in [3.8, 4) is 0 Å². The van der Waals surface area contributed by atoms with Gasteiger partial charge in [-0.15, -0.1) is 0 Å². The molecule has 1 N–H and O–H groups in total. The number of hydrogen-bond donors (Lipinski definition) is 1. The maximum absolute atomic E-state index is 11.1. The predicted octanol–water partition coefficient (Wildman–Crippen LogP) is -0.429. The number of imide groups is 1. The third-order valence-electron chi connectivity index (χ3n) is 1.50. The Balaban J connectivity index is 2.90. The number of carbonyl (C=O) groups is 2. The molecule has 0 aromatic rings. The number of nitrogens with one attached hydrogen (secondary N) is 1. The van der Waals surface area contributed by atoms with Crippen LogP contribution in [0.15, 0.2) is 11.9 Å². The fourth-order valence-electron chi connectivity index (χ4n) is 0.897. The summed E-state index contributed by atoms with van der Waals surface area (Å²) in [6, 6.07) is -0.381. The van der Waals surface area contributed by atoms with Gasteiger partial charge in [0.05, 0.1) is 0 Å². The van der Waals surface area contributed by atoms with Gasteiger partial charge in [0.15, 0.2) is 0 Å². The number of carbonyl (C=O) groups excluding carboxylic acids is 2. The van der Waals surface area contributed by atoms with Crippen molar-refractivity contribution in [2.75, 3.05) is 21.1 Å². The van der Waals surface area contributed by atoms with Gasteiger partial charge in [-0.25, -0.2) is 4.79 Å². The molecule has 1 aliphatic heterocycles. The lowest BCUT2D eigenvalue weighted by atomic mass is 10.4. The van der Waals surface area contributed by atoms with Crippen molar-refractivity contribution in [3.63, 3.8) is 0 Å². The van der Waals surface area contributed by atoms with E-state index in [9.17, 15) is 9.59 Å². The van der Waals surface area contributed by atoms with E-state index in [1.807, 2.05) is 0 Å². The quantitative estimate of drug-likeness (QED) is 0.428. The lowest BCUT2D eigenvalue weighted by molar-refractivity contribution is -0.116. The van der Waals surface area contributed by atoms with Gasteiger partial charge < -0.3 is 4.90 Å². The molecule has 0 saturated carbocycles. The molecule has 0 atom stereocenters. The summed E-state index contributed by atoms with van der Waals surface area (Å²) in [5.74, 6) is -0.351. The van der Waals surface area contributed by atoms with Gasteiger partial charge in [0.25, 0.3) is 5.91 Å². The van der Waals surface area contributed by atoms with Crippen molar-refractivity contribution in [2.24, 2.45) is 0 Å². The number of nitrogens with zero attached hydrogens (tertiary/aromatic N) is 2. The van der Waals surface area contributed by atoms with E-state index < -0.39 is 0 Å². The molecule has 1 heterocycles. The molecular formula is C7H11N3O2. The molecule has 0 unspecified atom stereocenters. The van der Waals surface area contributed by atoms with Crippen molar-refractivity contribution in [1.82, 2.24) is 15.1 Å². The maximum Gasteiger partial charge on any atom is 0.328 e. The van der Waals surface area contributed by atoms with E-state index in [0.717, 1.165) is 0 Å². The first-order valence-electron chi connectivity index (χ1n) is 3.49. The summed E-state index contributed by atoms with van der Waals surface area (Å²) in [6.07, 6.45) is 1.60. The van der Waals surface area contributed by atoms with Crippen LogP contribution >= 0.6 is 0 Å². The van der Waals surface area contributed by atoms with Crippen LogP contribution in [-0.2, 0) is 4.79 Å². The summed E-state index contributed by atoms with van der Waals surface area (Å²) in [5.41, 5.74) is 0.366. The highest BCUT2D eigenvalue weighted by Crippen LogP contribution is 2.09. The summed E-state index contributed by atoms with van der Waals surface area (Å²) in [4.78, 5) is 25.0. The molecule has 5 heteroatoms. The van der Waals surface area contributed by atoms with Gasteiger partial charge in [-0.05, 0) is 0 Å². The molecular weight excluding hydrogens is 158 g/mol. The monoisotopic (exact) mass is 169 g/mol.